The number of carbonyl (C=O) groups excluding carboxylic acids is 1. The third-order valence-electron chi connectivity index (χ3n) is 4.02. The van der Waals surface area contributed by atoms with Crippen molar-refractivity contribution in [1.29, 1.82) is 0 Å². The van der Waals surface area contributed by atoms with Crippen LogP contribution in [0.25, 0.3) is 0 Å². The van der Waals surface area contributed by atoms with E-state index >= 15 is 0 Å². The number of ether oxygens (including phenoxy) is 1. The molecule has 1 unspecified atom stereocenters. The number of rotatable bonds is 11. The molecule has 0 aliphatic heterocycles. The van der Waals surface area contributed by atoms with Gasteiger partial charge in [0.15, 0.2) is 0 Å². The number of unbranched alkanes of at least 4 members (excludes halogenated alkanes) is 3. The van der Waals surface area contributed by atoms with Crippen molar-refractivity contribution >= 4 is 5.78 Å². The topological polar surface area (TPSA) is 26.3 Å². The van der Waals surface area contributed by atoms with Gasteiger partial charge in [-0.05, 0) is 18.8 Å². The van der Waals surface area contributed by atoms with E-state index in [-0.39, 0.29) is 5.41 Å². The molecular weight excluding hydrogens is 224 g/mol. The van der Waals surface area contributed by atoms with Gasteiger partial charge in [0.2, 0.25) is 0 Å². The third kappa shape index (κ3) is 5.09. The normalized spacial score (nSPS) is 14.8. The van der Waals surface area contributed by atoms with Crippen molar-refractivity contribution in [1.82, 2.24) is 0 Å². The highest BCUT2D eigenvalue weighted by Gasteiger charge is 2.39. The van der Waals surface area contributed by atoms with E-state index in [9.17, 15) is 4.79 Å². The summed E-state index contributed by atoms with van der Waals surface area (Å²) in [6, 6.07) is 0. The molecular formula is C16H32O2. The second-order valence-corrected chi connectivity index (χ2v) is 5.73. The Balaban J connectivity index is 4.56. The van der Waals surface area contributed by atoms with Gasteiger partial charge in [-0.15, -0.1) is 0 Å². The molecule has 108 valence electrons. The van der Waals surface area contributed by atoms with Gasteiger partial charge < -0.3 is 4.74 Å². The molecule has 0 bridgehead atoms. The summed E-state index contributed by atoms with van der Waals surface area (Å²) in [6.07, 6.45) is 7.38. The standard InChI is InChI=1S/C16H32O2/c1-6-8-9-10-11-15(17)16(12-7-2,13-18-5)14(3)4/h14H,6-13H2,1-5H3. The van der Waals surface area contributed by atoms with Gasteiger partial charge in [0, 0.05) is 13.5 Å². The number of Topliss-reactive ketones (excluding diaryl/α,β-unsaturated/α-hetero) is 1. The Morgan fingerprint density at radius 2 is 1.78 bits per heavy atom. The lowest BCUT2D eigenvalue weighted by atomic mass is 9.70. The highest BCUT2D eigenvalue weighted by molar-refractivity contribution is 5.85. The van der Waals surface area contributed by atoms with E-state index in [0.29, 0.717) is 18.3 Å². The van der Waals surface area contributed by atoms with Crippen molar-refractivity contribution in [2.75, 3.05) is 13.7 Å². The maximum atomic E-state index is 12.6. The molecule has 0 rings (SSSR count). The van der Waals surface area contributed by atoms with E-state index in [1.807, 2.05) is 0 Å². The average molecular weight is 256 g/mol. The number of hydrogen-bond acceptors (Lipinski definition) is 2. The van der Waals surface area contributed by atoms with Crippen molar-refractivity contribution in [3.8, 4) is 0 Å². The van der Waals surface area contributed by atoms with Crippen LogP contribution in [0.2, 0.25) is 0 Å². The van der Waals surface area contributed by atoms with E-state index in [0.717, 1.165) is 25.7 Å². The summed E-state index contributed by atoms with van der Waals surface area (Å²) in [5.41, 5.74) is -0.254. The molecule has 0 radical (unpaired) electrons. The lowest BCUT2D eigenvalue weighted by molar-refractivity contribution is -0.136. The quantitative estimate of drug-likeness (QED) is 0.504. The van der Waals surface area contributed by atoms with Crippen molar-refractivity contribution < 1.29 is 9.53 Å². The summed E-state index contributed by atoms with van der Waals surface area (Å²) in [7, 11) is 1.71. The van der Waals surface area contributed by atoms with Crippen molar-refractivity contribution in [3.63, 3.8) is 0 Å². The smallest absolute Gasteiger partial charge is 0.141 e. The van der Waals surface area contributed by atoms with Gasteiger partial charge in [-0.25, -0.2) is 0 Å². The average Bonchev–Trinajstić information content (AvgIpc) is 2.33. The number of methoxy groups -OCH3 is 1. The molecule has 0 fully saturated rings. The third-order valence-corrected chi connectivity index (χ3v) is 4.02. The Morgan fingerprint density at radius 3 is 2.22 bits per heavy atom. The molecule has 0 aromatic carbocycles. The van der Waals surface area contributed by atoms with E-state index in [2.05, 4.69) is 27.7 Å². The first kappa shape index (κ1) is 17.6. The fourth-order valence-electron chi connectivity index (χ4n) is 2.73. The number of carbonyl (C=O) groups is 1. The van der Waals surface area contributed by atoms with Crippen LogP contribution in [0.3, 0.4) is 0 Å². The zero-order valence-electron chi connectivity index (χ0n) is 13.1. The highest BCUT2D eigenvalue weighted by atomic mass is 16.5. The van der Waals surface area contributed by atoms with E-state index in [1.165, 1.54) is 19.3 Å². The van der Waals surface area contributed by atoms with Gasteiger partial charge in [0.25, 0.3) is 0 Å². The van der Waals surface area contributed by atoms with Crippen LogP contribution in [-0.4, -0.2) is 19.5 Å². The van der Waals surface area contributed by atoms with Crippen LogP contribution in [0, 0.1) is 11.3 Å². The van der Waals surface area contributed by atoms with Gasteiger partial charge in [0.1, 0.15) is 5.78 Å². The van der Waals surface area contributed by atoms with Crippen LogP contribution in [0.15, 0.2) is 0 Å². The minimum Gasteiger partial charge on any atom is -0.384 e. The van der Waals surface area contributed by atoms with E-state index < -0.39 is 0 Å². The second kappa shape index (κ2) is 9.55. The predicted octanol–water partition coefficient (Wildman–Crippen LogP) is 4.61. The van der Waals surface area contributed by atoms with E-state index in [4.69, 9.17) is 4.74 Å². The largest absolute Gasteiger partial charge is 0.384 e. The fraction of sp³-hybridized carbons (Fsp3) is 0.938. The zero-order valence-corrected chi connectivity index (χ0v) is 13.1. The molecule has 0 spiro atoms. The first-order valence-electron chi connectivity index (χ1n) is 7.57. The Kier molecular flexibility index (Phi) is 9.35. The predicted molar refractivity (Wildman–Crippen MR) is 77.8 cm³/mol. The van der Waals surface area contributed by atoms with Crippen LogP contribution in [0.1, 0.15) is 72.6 Å². The molecule has 0 saturated carbocycles. The Hall–Kier alpha value is -0.370. The van der Waals surface area contributed by atoms with Gasteiger partial charge in [-0.2, -0.15) is 0 Å². The first-order chi connectivity index (χ1) is 8.55. The molecule has 18 heavy (non-hydrogen) atoms. The Morgan fingerprint density at radius 1 is 1.11 bits per heavy atom. The van der Waals surface area contributed by atoms with Gasteiger partial charge >= 0.3 is 0 Å². The number of hydrogen-bond donors (Lipinski definition) is 0. The Bertz CT molecular complexity index is 215. The van der Waals surface area contributed by atoms with Gasteiger partial charge in [-0.3, -0.25) is 4.79 Å². The molecule has 0 aliphatic rings. The van der Waals surface area contributed by atoms with Crippen LogP contribution in [-0.2, 0) is 9.53 Å². The lowest BCUT2D eigenvalue weighted by Gasteiger charge is -2.35. The molecule has 0 aromatic rings. The summed E-state index contributed by atoms with van der Waals surface area (Å²) in [5, 5.41) is 0. The van der Waals surface area contributed by atoms with Crippen LogP contribution in [0.4, 0.5) is 0 Å². The molecule has 0 aliphatic carbocycles. The molecule has 0 amide bonds. The monoisotopic (exact) mass is 256 g/mol. The summed E-state index contributed by atoms with van der Waals surface area (Å²) < 4.78 is 5.35. The maximum Gasteiger partial charge on any atom is 0.141 e. The van der Waals surface area contributed by atoms with Crippen molar-refractivity contribution in [3.05, 3.63) is 0 Å². The molecule has 2 nitrogen and oxygen atoms in total. The molecule has 2 heteroatoms. The SMILES string of the molecule is CCCCCCC(=O)C(CCC)(COC)C(C)C. The molecule has 0 aromatic heterocycles. The lowest BCUT2D eigenvalue weighted by Crippen LogP contribution is -2.40. The van der Waals surface area contributed by atoms with Crippen LogP contribution in [0.5, 0.6) is 0 Å². The molecule has 0 heterocycles. The fourth-order valence-corrected chi connectivity index (χ4v) is 2.73. The van der Waals surface area contributed by atoms with Crippen LogP contribution < -0.4 is 0 Å². The van der Waals surface area contributed by atoms with E-state index in [1.54, 1.807) is 7.11 Å². The summed E-state index contributed by atoms with van der Waals surface area (Å²) in [6.45, 7) is 9.22. The molecule has 1 atom stereocenters. The van der Waals surface area contributed by atoms with Gasteiger partial charge in [-0.1, -0.05) is 53.4 Å². The van der Waals surface area contributed by atoms with Gasteiger partial charge in [0.05, 0.1) is 12.0 Å². The van der Waals surface area contributed by atoms with Crippen LogP contribution >= 0.6 is 0 Å². The minimum absolute atomic E-state index is 0.254. The summed E-state index contributed by atoms with van der Waals surface area (Å²) >= 11 is 0. The summed E-state index contributed by atoms with van der Waals surface area (Å²) in [4.78, 5) is 12.6. The molecule has 0 saturated heterocycles. The minimum atomic E-state index is -0.254. The first-order valence-corrected chi connectivity index (χ1v) is 7.57. The molecule has 0 N–H and O–H groups in total. The van der Waals surface area contributed by atoms with Crippen molar-refractivity contribution in [2.45, 2.75) is 72.6 Å². The number of ketones is 1. The second-order valence-electron chi connectivity index (χ2n) is 5.73. The zero-order chi connectivity index (χ0) is 14.0. The highest BCUT2D eigenvalue weighted by Crippen LogP contribution is 2.36. The summed E-state index contributed by atoms with van der Waals surface area (Å²) in [5.74, 6) is 0.772. The Labute approximate surface area is 113 Å². The maximum absolute atomic E-state index is 12.6. The van der Waals surface area contributed by atoms with Crippen molar-refractivity contribution in [2.24, 2.45) is 11.3 Å².